The Kier molecular flexibility index (Phi) is 9.75. The summed E-state index contributed by atoms with van der Waals surface area (Å²) in [6.07, 6.45) is 16.1. The van der Waals surface area contributed by atoms with Crippen molar-refractivity contribution in [2.24, 2.45) is 22.4 Å². The van der Waals surface area contributed by atoms with E-state index in [4.69, 9.17) is 11.5 Å². The van der Waals surface area contributed by atoms with Gasteiger partial charge in [-0.2, -0.15) is 0 Å². The van der Waals surface area contributed by atoms with Crippen LogP contribution in [0.5, 0.6) is 0 Å². The van der Waals surface area contributed by atoms with E-state index < -0.39 is 5.72 Å². The lowest BCUT2D eigenvalue weighted by Gasteiger charge is -2.45. The van der Waals surface area contributed by atoms with Crippen LogP contribution in [0.1, 0.15) is 78.1 Å². The predicted octanol–water partition coefficient (Wildman–Crippen LogP) is 3.02. The molecule has 2 unspecified atom stereocenters. The van der Waals surface area contributed by atoms with E-state index in [1.54, 1.807) is 0 Å². The summed E-state index contributed by atoms with van der Waals surface area (Å²) < 4.78 is 0. The van der Waals surface area contributed by atoms with Crippen LogP contribution in [-0.4, -0.2) is 58.9 Å². The first-order chi connectivity index (χ1) is 13.4. The van der Waals surface area contributed by atoms with E-state index >= 15 is 0 Å². The van der Waals surface area contributed by atoms with Gasteiger partial charge in [-0.05, 0) is 50.6 Å². The molecule has 2 aliphatic heterocycles. The average molecular weight is 394 g/mol. The van der Waals surface area contributed by atoms with Gasteiger partial charge in [0.05, 0.1) is 6.17 Å². The summed E-state index contributed by atoms with van der Waals surface area (Å²) in [6, 6.07) is 0. The maximum atomic E-state index is 11.2. The second-order valence-corrected chi connectivity index (χ2v) is 8.95. The van der Waals surface area contributed by atoms with Crippen LogP contribution in [0.4, 0.5) is 0 Å². The second-order valence-electron chi connectivity index (χ2n) is 8.95. The predicted molar refractivity (Wildman–Crippen MR) is 118 cm³/mol. The van der Waals surface area contributed by atoms with E-state index in [-0.39, 0.29) is 12.1 Å². The molecule has 6 heteroatoms. The molecule has 0 bridgehead atoms. The number of hydrogen-bond acceptors (Lipinski definition) is 4. The summed E-state index contributed by atoms with van der Waals surface area (Å²) in [5.74, 6) is 0.989. The highest BCUT2D eigenvalue weighted by Gasteiger charge is 2.43. The fourth-order valence-electron chi connectivity index (χ4n) is 4.46. The Balaban J connectivity index is 1.69. The van der Waals surface area contributed by atoms with E-state index in [1.807, 2.05) is 6.08 Å². The largest absolute Gasteiger partial charge is 0.372 e. The Morgan fingerprint density at radius 2 is 1.86 bits per heavy atom. The number of guanidine groups is 1. The van der Waals surface area contributed by atoms with Crippen LogP contribution in [0.25, 0.3) is 0 Å². The van der Waals surface area contributed by atoms with E-state index in [2.05, 4.69) is 34.7 Å². The third-order valence-electron chi connectivity index (χ3n) is 6.04. The van der Waals surface area contributed by atoms with Gasteiger partial charge in [0.15, 0.2) is 5.96 Å². The van der Waals surface area contributed by atoms with Crippen molar-refractivity contribution in [2.45, 2.75) is 89.9 Å². The summed E-state index contributed by atoms with van der Waals surface area (Å²) in [5.41, 5.74) is 10.0. The molecule has 1 saturated heterocycles. The van der Waals surface area contributed by atoms with Crippen LogP contribution in [-0.2, 0) is 0 Å². The van der Waals surface area contributed by atoms with Gasteiger partial charge < -0.3 is 16.6 Å². The van der Waals surface area contributed by atoms with Crippen LogP contribution in [0.15, 0.2) is 17.1 Å². The Labute approximate surface area is 172 Å². The standard InChI is InChI=1S/C22H43N5O/c1-19(2)11-6-4-3-5-7-13-22(28)14-12-20-26(17-10-18-27(20)22)16-9-8-15-25-21(23)24/h12,14,19-20,28H,3-11,13,15-18H2,1-2H3,(H4,23,24,25). The van der Waals surface area contributed by atoms with Gasteiger partial charge in [-0.3, -0.25) is 14.8 Å². The molecule has 0 radical (unpaired) electrons. The van der Waals surface area contributed by atoms with Crippen LogP contribution in [0.3, 0.4) is 0 Å². The maximum absolute atomic E-state index is 11.2. The highest BCUT2D eigenvalue weighted by Crippen LogP contribution is 2.34. The van der Waals surface area contributed by atoms with Crippen LogP contribution >= 0.6 is 0 Å². The minimum Gasteiger partial charge on any atom is -0.372 e. The van der Waals surface area contributed by atoms with Gasteiger partial charge in [0.1, 0.15) is 5.72 Å². The van der Waals surface area contributed by atoms with Gasteiger partial charge in [-0.1, -0.05) is 52.0 Å². The zero-order chi connectivity index (χ0) is 20.4. The van der Waals surface area contributed by atoms with Crippen molar-refractivity contribution < 1.29 is 5.11 Å². The van der Waals surface area contributed by atoms with E-state index in [9.17, 15) is 5.11 Å². The number of fused-ring (bicyclic) bond motifs is 1. The lowest BCUT2D eigenvalue weighted by molar-refractivity contribution is -0.122. The molecule has 0 aromatic carbocycles. The zero-order valence-electron chi connectivity index (χ0n) is 18.2. The van der Waals surface area contributed by atoms with Gasteiger partial charge in [0.25, 0.3) is 0 Å². The molecule has 0 spiro atoms. The molecule has 2 heterocycles. The van der Waals surface area contributed by atoms with Crippen molar-refractivity contribution in [1.29, 1.82) is 0 Å². The number of aliphatic hydroxyl groups is 1. The smallest absolute Gasteiger partial charge is 0.185 e. The Bertz CT molecular complexity index is 503. The number of nitrogens with two attached hydrogens (primary N) is 2. The lowest BCUT2D eigenvalue weighted by Crippen LogP contribution is -2.58. The van der Waals surface area contributed by atoms with Gasteiger partial charge in [-0.15, -0.1) is 0 Å². The van der Waals surface area contributed by atoms with Gasteiger partial charge in [0.2, 0.25) is 0 Å². The maximum Gasteiger partial charge on any atom is 0.185 e. The molecule has 0 aromatic heterocycles. The number of rotatable bonds is 13. The summed E-state index contributed by atoms with van der Waals surface area (Å²) >= 11 is 0. The van der Waals surface area contributed by atoms with Crippen LogP contribution < -0.4 is 11.5 Å². The van der Waals surface area contributed by atoms with E-state index in [0.717, 1.165) is 57.7 Å². The van der Waals surface area contributed by atoms with Crippen molar-refractivity contribution in [1.82, 2.24) is 9.80 Å². The molecular formula is C22H43N5O. The summed E-state index contributed by atoms with van der Waals surface area (Å²) in [5, 5.41) is 11.2. The molecule has 162 valence electrons. The summed E-state index contributed by atoms with van der Waals surface area (Å²) in [4.78, 5) is 8.84. The molecule has 0 amide bonds. The first-order valence-electron chi connectivity index (χ1n) is 11.4. The molecule has 0 aromatic rings. The van der Waals surface area contributed by atoms with Crippen molar-refractivity contribution in [3.63, 3.8) is 0 Å². The Hall–Kier alpha value is -1.11. The van der Waals surface area contributed by atoms with Gasteiger partial charge in [0, 0.05) is 19.6 Å². The molecule has 0 saturated carbocycles. The van der Waals surface area contributed by atoms with E-state index in [1.165, 1.54) is 32.1 Å². The number of unbranched alkanes of at least 4 members (excludes halogenated alkanes) is 5. The van der Waals surface area contributed by atoms with Crippen LogP contribution in [0.2, 0.25) is 0 Å². The number of hydrogen-bond donors (Lipinski definition) is 3. The van der Waals surface area contributed by atoms with Crippen molar-refractivity contribution in [3.05, 3.63) is 12.2 Å². The normalized spacial score (nSPS) is 25.4. The van der Waals surface area contributed by atoms with Crippen molar-refractivity contribution >= 4 is 5.96 Å². The van der Waals surface area contributed by atoms with Crippen LogP contribution in [0, 0.1) is 5.92 Å². The lowest BCUT2D eigenvalue weighted by atomic mass is 10.0. The third kappa shape index (κ3) is 7.37. The molecule has 0 aliphatic carbocycles. The van der Waals surface area contributed by atoms with Gasteiger partial charge in [-0.25, -0.2) is 0 Å². The average Bonchev–Trinajstić information content (AvgIpc) is 2.98. The molecule has 2 aliphatic rings. The zero-order valence-corrected chi connectivity index (χ0v) is 18.2. The molecule has 2 rings (SSSR count). The first kappa shape index (κ1) is 23.2. The van der Waals surface area contributed by atoms with Crippen molar-refractivity contribution in [2.75, 3.05) is 26.2 Å². The SMILES string of the molecule is CC(C)CCCCCCCC1(O)C=CC2N(CCCCN=C(N)N)CCCN21. The van der Waals surface area contributed by atoms with E-state index in [0.29, 0.717) is 6.54 Å². The van der Waals surface area contributed by atoms with Crippen molar-refractivity contribution in [3.8, 4) is 0 Å². The first-order valence-corrected chi connectivity index (χ1v) is 11.4. The fourth-order valence-corrected chi connectivity index (χ4v) is 4.46. The molecule has 5 N–H and O–H groups in total. The number of nitrogens with zero attached hydrogens (tertiary/aromatic N) is 3. The highest BCUT2D eigenvalue weighted by atomic mass is 16.3. The summed E-state index contributed by atoms with van der Waals surface area (Å²) in [6.45, 7) is 8.39. The van der Waals surface area contributed by atoms with Gasteiger partial charge >= 0.3 is 0 Å². The molecule has 1 fully saturated rings. The highest BCUT2D eigenvalue weighted by molar-refractivity contribution is 5.75. The molecule has 2 atom stereocenters. The molecule has 6 nitrogen and oxygen atoms in total. The Morgan fingerprint density at radius 3 is 2.61 bits per heavy atom. The fraction of sp³-hybridized carbons (Fsp3) is 0.864. The topological polar surface area (TPSA) is 91.1 Å². The number of aliphatic imine (C=N–C) groups is 1. The monoisotopic (exact) mass is 393 g/mol. The molecule has 28 heavy (non-hydrogen) atoms. The quantitative estimate of drug-likeness (QED) is 0.194. The Morgan fingerprint density at radius 1 is 1.11 bits per heavy atom. The minimum atomic E-state index is -0.750. The third-order valence-corrected chi connectivity index (χ3v) is 6.04. The minimum absolute atomic E-state index is 0.174. The summed E-state index contributed by atoms with van der Waals surface area (Å²) in [7, 11) is 0. The second kappa shape index (κ2) is 11.8. The molecular weight excluding hydrogens is 350 g/mol.